The van der Waals surface area contributed by atoms with Gasteiger partial charge in [-0.3, -0.25) is 0 Å². The van der Waals surface area contributed by atoms with Crippen molar-refractivity contribution in [2.24, 2.45) is 11.7 Å². The van der Waals surface area contributed by atoms with Crippen molar-refractivity contribution in [3.8, 4) is 11.8 Å². The molecule has 0 aromatic heterocycles. The molecule has 0 saturated heterocycles. The van der Waals surface area contributed by atoms with Crippen LogP contribution in [-0.2, 0) is 4.74 Å². The summed E-state index contributed by atoms with van der Waals surface area (Å²) in [6.45, 7) is 12.2. The first-order valence-electron chi connectivity index (χ1n) is 7.03. The predicted octanol–water partition coefficient (Wildman–Crippen LogP) is 4.30. The smallest absolute Gasteiger partial charge is 0.114 e. The molecule has 0 bridgehead atoms. The Morgan fingerprint density at radius 1 is 1.32 bits per heavy atom. The van der Waals surface area contributed by atoms with Crippen LogP contribution in [0, 0.1) is 17.8 Å². The summed E-state index contributed by atoms with van der Waals surface area (Å²) in [6, 6.07) is 0. The largest absolute Gasteiger partial charge is 0.354 e. The van der Waals surface area contributed by atoms with E-state index >= 15 is 0 Å². The van der Waals surface area contributed by atoms with E-state index in [2.05, 4.69) is 46.5 Å². The van der Waals surface area contributed by atoms with Crippen LogP contribution in [0.2, 0.25) is 0 Å². The van der Waals surface area contributed by atoms with Crippen molar-refractivity contribution >= 4 is 21.6 Å². The van der Waals surface area contributed by atoms with Gasteiger partial charge in [-0.05, 0) is 25.8 Å². The predicted molar refractivity (Wildman–Crippen MR) is 90.2 cm³/mol. The van der Waals surface area contributed by atoms with Gasteiger partial charge >= 0.3 is 0 Å². The molecule has 0 spiro atoms. The molecule has 0 heterocycles. The molecule has 0 radical (unpaired) electrons. The summed E-state index contributed by atoms with van der Waals surface area (Å²) in [5, 5.41) is 0. The molecule has 0 aliphatic rings. The molecule has 4 heteroatoms. The Bertz CT molecular complexity index is 278. The fraction of sp³-hybridized carbons (Fsp3) is 0.867. The number of hydrogen-bond acceptors (Lipinski definition) is 4. The minimum atomic E-state index is 0.194. The fourth-order valence-corrected chi connectivity index (χ4v) is 3.52. The lowest BCUT2D eigenvalue weighted by Gasteiger charge is -2.21. The summed E-state index contributed by atoms with van der Waals surface area (Å²) < 4.78 is 6.09. The summed E-state index contributed by atoms with van der Waals surface area (Å²) in [6.07, 6.45) is 3.09. The Labute approximate surface area is 127 Å². The summed E-state index contributed by atoms with van der Waals surface area (Å²) >= 11 is 0. The number of ether oxygens (including phenoxy) is 1. The third-order valence-corrected chi connectivity index (χ3v) is 5.97. The van der Waals surface area contributed by atoms with Crippen molar-refractivity contribution in [2.75, 3.05) is 13.2 Å². The Morgan fingerprint density at radius 3 is 2.53 bits per heavy atom. The average molecular weight is 304 g/mol. The second-order valence-electron chi connectivity index (χ2n) is 5.59. The molecule has 2 atom stereocenters. The monoisotopic (exact) mass is 303 g/mol. The number of hydrogen-bond donors (Lipinski definition) is 1. The van der Waals surface area contributed by atoms with E-state index in [1.807, 2.05) is 10.8 Å². The van der Waals surface area contributed by atoms with Crippen molar-refractivity contribution in [1.82, 2.24) is 0 Å². The first kappa shape index (κ1) is 19.2. The normalized spacial score (nSPS) is 14.6. The van der Waals surface area contributed by atoms with Gasteiger partial charge in [-0.2, -0.15) is 0 Å². The van der Waals surface area contributed by atoms with Gasteiger partial charge in [0.15, 0.2) is 0 Å². The maximum atomic E-state index is 5.85. The van der Waals surface area contributed by atoms with E-state index in [1.54, 1.807) is 10.8 Å². The van der Waals surface area contributed by atoms with E-state index in [0.717, 1.165) is 25.8 Å². The van der Waals surface area contributed by atoms with Crippen LogP contribution in [0.25, 0.3) is 0 Å². The molecule has 0 aromatic rings. The van der Waals surface area contributed by atoms with E-state index in [9.17, 15) is 0 Å². The zero-order valence-corrected chi connectivity index (χ0v) is 14.6. The SMILES string of the molecule is CCC(C)C#CCOC(CCCN)SSC(C)(C)C. The second-order valence-corrected chi connectivity index (χ2v) is 8.78. The van der Waals surface area contributed by atoms with E-state index < -0.39 is 0 Å². The summed E-state index contributed by atoms with van der Waals surface area (Å²) in [4.78, 5) is 0. The average Bonchev–Trinajstić information content (AvgIpc) is 2.35. The Morgan fingerprint density at radius 2 is 2.00 bits per heavy atom. The third kappa shape index (κ3) is 12.9. The highest BCUT2D eigenvalue weighted by molar-refractivity contribution is 8.77. The van der Waals surface area contributed by atoms with Gasteiger partial charge in [0.25, 0.3) is 0 Å². The van der Waals surface area contributed by atoms with Crippen LogP contribution >= 0.6 is 21.6 Å². The van der Waals surface area contributed by atoms with Crippen LogP contribution in [-0.4, -0.2) is 23.3 Å². The van der Waals surface area contributed by atoms with Gasteiger partial charge < -0.3 is 10.5 Å². The molecule has 0 aliphatic heterocycles. The van der Waals surface area contributed by atoms with Gasteiger partial charge in [-0.1, -0.05) is 68.0 Å². The van der Waals surface area contributed by atoms with Crippen molar-refractivity contribution in [2.45, 2.75) is 64.1 Å². The van der Waals surface area contributed by atoms with Gasteiger partial charge in [-0.25, -0.2) is 0 Å². The van der Waals surface area contributed by atoms with E-state index in [1.165, 1.54) is 0 Å². The fourth-order valence-electron chi connectivity index (χ4n) is 1.09. The first-order chi connectivity index (χ1) is 8.89. The van der Waals surface area contributed by atoms with Gasteiger partial charge in [0.05, 0.1) is 0 Å². The Hall–Kier alpha value is 0.180. The molecular formula is C15H29NOS2. The van der Waals surface area contributed by atoms with Crippen molar-refractivity contribution in [3.05, 3.63) is 0 Å². The molecule has 0 rings (SSSR count). The van der Waals surface area contributed by atoms with Crippen molar-refractivity contribution < 1.29 is 4.74 Å². The summed E-state index contributed by atoms with van der Waals surface area (Å²) in [7, 11) is 3.67. The standard InChI is InChI=1S/C15H29NOS2/c1-6-13(2)9-8-12-17-14(10-7-11-16)18-19-15(3,4)5/h13-14H,6-7,10-12,16H2,1-5H3. The maximum absolute atomic E-state index is 5.85. The summed E-state index contributed by atoms with van der Waals surface area (Å²) in [5.74, 6) is 6.78. The molecular weight excluding hydrogens is 274 g/mol. The minimum absolute atomic E-state index is 0.194. The molecule has 112 valence electrons. The quantitative estimate of drug-likeness (QED) is 0.412. The van der Waals surface area contributed by atoms with Crippen molar-refractivity contribution in [1.29, 1.82) is 0 Å². The molecule has 0 fully saturated rings. The first-order valence-corrected chi connectivity index (χ1v) is 9.25. The van der Waals surface area contributed by atoms with Crippen LogP contribution in [0.4, 0.5) is 0 Å². The van der Waals surface area contributed by atoms with Gasteiger partial charge in [0.1, 0.15) is 12.0 Å². The lowest BCUT2D eigenvalue weighted by atomic mass is 10.1. The molecule has 2 nitrogen and oxygen atoms in total. The van der Waals surface area contributed by atoms with Crippen LogP contribution in [0.5, 0.6) is 0 Å². The molecule has 2 unspecified atom stereocenters. The maximum Gasteiger partial charge on any atom is 0.114 e. The van der Waals surface area contributed by atoms with E-state index in [-0.39, 0.29) is 10.2 Å². The third-order valence-electron chi connectivity index (χ3n) is 2.35. The van der Waals surface area contributed by atoms with Gasteiger partial charge in [0.2, 0.25) is 0 Å². The van der Waals surface area contributed by atoms with Gasteiger partial charge in [-0.15, -0.1) is 0 Å². The van der Waals surface area contributed by atoms with E-state index in [0.29, 0.717) is 12.5 Å². The van der Waals surface area contributed by atoms with Crippen LogP contribution < -0.4 is 5.73 Å². The Kier molecular flexibility index (Phi) is 11.0. The van der Waals surface area contributed by atoms with E-state index in [4.69, 9.17) is 10.5 Å². The highest BCUT2D eigenvalue weighted by Gasteiger charge is 2.16. The highest BCUT2D eigenvalue weighted by atomic mass is 33.1. The highest BCUT2D eigenvalue weighted by Crippen LogP contribution is 2.39. The van der Waals surface area contributed by atoms with Crippen LogP contribution in [0.1, 0.15) is 53.9 Å². The number of rotatable bonds is 8. The molecule has 0 aromatic carbocycles. The lowest BCUT2D eigenvalue weighted by molar-refractivity contribution is 0.137. The van der Waals surface area contributed by atoms with Crippen LogP contribution in [0.3, 0.4) is 0 Å². The molecule has 19 heavy (non-hydrogen) atoms. The second kappa shape index (κ2) is 10.9. The Balaban J connectivity index is 4.07. The topological polar surface area (TPSA) is 35.2 Å². The zero-order valence-electron chi connectivity index (χ0n) is 13.0. The van der Waals surface area contributed by atoms with Crippen LogP contribution in [0.15, 0.2) is 0 Å². The molecule has 0 aliphatic carbocycles. The molecule has 2 N–H and O–H groups in total. The molecule has 0 saturated carbocycles. The van der Waals surface area contributed by atoms with Gasteiger partial charge in [0, 0.05) is 10.7 Å². The number of nitrogens with two attached hydrogens (primary N) is 1. The minimum Gasteiger partial charge on any atom is -0.354 e. The zero-order chi connectivity index (χ0) is 14.7. The summed E-state index contributed by atoms with van der Waals surface area (Å²) in [5.41, 5.74) is 5.77. The van der Waals surface area contributed by atoms with Crippen molar-refractivity contribution in [3.63, 3.8) is 0 Å². The lowest BCUT2D eigenvalue weighted by Crippen LogP contribution is -2.13. The molecule has 0 amide bonds.